The van der Waals surface area contributed by atoms with Crippen LogP contribution in [0, 0.1) is 13.8 Å². The highest BCUT2D eigenvalue weighted by Gasteiger charge is 2.15. The Morgan fingerprint density at radius 3 is 2.29 bits per heavy atom. The first kappa shape index (κ1) is 11.0. The fourth-order valence-corrected chi connectivity index (χ4v) is 1.44. The van der Waals surface area contributed by atoms with Crippen molar-refractivity contribution in [2.75, 3.05) is 0 Å². The van der Waals surface area contributed by atoms with Crippen molar-refractivity contribution in [3.05, 3.63) is 28.8 Å². The summed E-state index contributed by atoms with van der Waals surface area (Å²) in [5.74, 6) is 0.268. The van der Waals surface area contributed by atoms with Crippen molar-refractivity contribution in [1.29, 1.82) is 0 Å². The highest BCUT2D eigenvalue weighted by molar-refractivity contribution is 5.42. The first-order valence-corrected chi connectivity index (χ1v) is 4.67. The van der Waals surface area contributed by atoms with E-state index in [0.717, 1.165) is 16.7 Å². The van der Waals surface area contributed by atoms with Crippen LogP contribution in [0.3, 0.4) is 0 Å². The molecule has 3 heteroatoms. The summed E-state index contributed by atoms with van der Waals surface area (Å²) >= 11 is 0. The topological polar surface area (TPSA) is 66.5 Å². The van der Waals surface area contributed by atoms with Gasteiger partial charge in [-0.2, -0.15) is 0 Å². The molecule has 0 heterocycles. The van der Waals surface area contributed by atoms with Crippen LogP contribution < -0.4 is 5.73 Å². The van der Waals surface area contributed by atoms with Gasteiger partial charge in [0, 0.05) is 0 Å². The third-order valence-corrected chi connectivity index (χ3v) is 2.46. The van der Waals surface area contributed by atoms with Crippen LogP contribution in [0.25, 0.3) is 0 Å². The van der Waals surface area contributed by atoms with Crippen LogP contribution in [0.4, 0.5) is 0 Å². The van der Waals surface area contributed by atoms with E-state index in [1.807, 2.05) is 19.9 Å². The number of aliphatic hydroxyl groups excluding tert-OH is 1. The normalized spacial score (nSPS) is 15.2. The molecule has 0 radical (unpaired) electrons. The predicted octanol–water partition coefficient (Wildman–Crippen LogP) is 1.39. The molecule has 0 aromatic heterocycles. The lowest BCUT2D eigenvalue weighted by atomic mass is 9.96. The van der Waals surface area contributed by atoms with Crippen molar-refractivity contribution < 1.29 is 10.2 Å². The second kappa shape index (κ2) is 3.98. The largest absolute Gasteiger partial charge is 0.508 e. The van der Waals surface area contributed by atoms with Gasteiger partial charge in [-0.3, -0.25) is 0 Å². The Morgan fingerprint density at radius 1 is 1.21 bits per heavy atom. The monoisotopic (exact) mass is 195 g/mol. The van der Waals surface area contributed by atoms with Crippen molar-refractivity contribution in [3.8, 4) is 5.75 Å². The van der Waals surface area contributed by atoms with Crippen molar-refractivity contribution in [2.24, 2.45) is 5.73 Å². The maximum Gasteiger partial charge on any atom is 0.118 e. The lowest BCUT2D eigenvalue weighted by molar-refractivity contribution is 0.164. The molecule has 0 bridgehead atoms. The molecule has 14 heavy (non-hydrogen) atoms. The molecule has 0 fully saturated rings. The van der Waals surface area contributed by atoms with Gasteiger partial charge >= 0.3 is 0 Å². The number of aliphatic hydroxyl groups is 1. The first-order valence-electron chi connectivity index (χ1n) is 4.67. The molecular weight excluding hydrogens is 178 g/mol. The first-order chi connectivity index (χ1) is 6.43. The summed E-state index contributed by atoms with van der Waals surface area (Å²) in [5.41, 5.74) is 8.39. The Balaban J connectivity index is 3.15. The number of aryl methyl sites for hydroxylation is 2. The summed E-state index contributed by atoms with van der Waals surface area (Å²) in [6.07, 6.45) is -0.586. The second-order valence-electron chi connectivity index (χ2n) is 3.76. The van der Waals surface area contributed by atoms with E-state index in [4.69, 9.17) is 5.73 Å². The molecule has 3 nitrogen and oxygen atoms in total. The van der Waals surface area contributed by atoms with Gasteiger partial charge in [0.05, 0.1) is 12.1 Å². The van der Waals surface area contributed by atoms with E-state index < -0.39 is 12.1 Å². The van der Waals surface area contributed by atoms with Gasteiger partial charge in [0.25, 0.3) is 0 Å². The lowest BCUT2D eigenvalue weighted by Crippen LogP contribution is -2.24. The molecule has 0 saturated heterocycles. The van der Waals surface area contributed by atoms with Crippen LogP contribution in [-0.4, -0.2) is 16.3 Å². The van der Waals surface area contributed by atoms with E-state index in [1.54, 1.807) is 13.0 Å². The Bertz CT molecular complexity index is 334. The molecule has 0 spiro atoms. The average molecular weight is 195 g/mol. The molecule has 0 aliphatic heterocycles. The number of nitrogens with two attached hydrogens (primary N) is 1. The van der Waals surface area contributed by atoms with E-state index in [9.17, 15) is 10.2 Å². The molecule has 0 saturated carbocycles. The summed E-state index contributed by atoms with van der Waals surface area (Å²) in [7, 11) is 0. The van der Waals surface area contributed by atoms with Gasteiger partial charge in [0.15, 0.2) is 0 Å². The van der Waals surface area contributed by atoms with Gasteiger partial charge in [-0.15, -0.1) is 0 Å². The minimum atomic E-state index is -0.586. The number of phenolic OH excluding ortho intramolecular Hbond substituents is 1. The number of hydrogen-bond acceptors (Lipinski definition) is 3. The molecular formula is C11H17NO2. The average Bonchev–Trinajstić information content (AvgIpc) is 2.10. The van der Waals surface area contributed by atoms with E-state index in [-0.39, 0.29) is 5.75 Å². The van der Waals surface area contributed by atoms with Crippen LogP contribution in [0.2, 0.25) is 0 Å². The third kappa shape index (κ3) is 2.05. The maximum absolute atomic E-state index is 9.44. The van der Waals surface area contributed by atoms with E-state index in [1.165, 1.54) is 0 Å². The molecule has 0 amide bonds. The molecule has 1 rings (SSSR count). The quantitative estimate of drug-likeness (QED) is 0.668. The minimum Gasteiger partial charge on any atom is -0.508 e. The smallest absolute Gasteiger partial charge is 0.118 e. The Kier molecular flexibility index (Phi) is 3.13. The van der Waals surface area contributed by atoms with Crippen LogP contribution >= 0.6 is 0 Å². The van der Waals surface area contributed by atoms with Crippen molar-refractivity contribution in [2.45, 2.75) is 32.9 Å². The molecule has 4 N–H and O–H groups in total. The molecule has 1 unspecified atom stereocenters. The molecule has 2 atom stereocenters. The van der Waals surface area contributed by atoms with Gasteiger partial charge in [0.2, 0.25) is 0 Å². The number of rotatable bonds is 2. The summed E-state index contributed by atoms with van der Waals surface area (Å²) in [6.45, 7) is 5.34. The van der Waals surface area contributed by atoms with Crippen molar-refractivity contribution >= 4 is 0 Å². The van der Waals surface area contributed by atoms with E-state index in [0.29, 0.717) is 0 Å². The molecule has 1 aromatic rings. The highest BCUT2D eigenvalue weighted by Crippen LogP contribution is 2.26. The van der Waals surface area contributed by atoms with Crippen LogP contribution in [0.1, 0.15) is 29.7 Å². The van der Waals surface area contributed by atoms with Crippen LogP contribution in [-0.2, 0) is 0 Å². The number of phenols is 1. The van der Waals surface area contributed by atoms with Gasteiger partial charge in [-0.25, -0.2) is 0 Å². The summed E-state index contributed by atoms with van der Waals surface area (Å²) in [4.78, 5) is 0. The fourth-order valence-electron chi connectivity index (χ4n) is 1.44. The zero-order valence-corrected chi connectivity index (χ0v) is 8.78. The van der Waals surface area contributed by atoms with Gasteiger partial charge < -0.3 is 15.9 Å². The molecule has 1 aromatic carbocycles. The van der Waals surface area contributed by atoms with Crippen molar-refractivity contribution in [3.63, 3.8) is 0 Å². The minimum absolute atomic E-state index is 0.268. The Hall–Kier alpha value is -1.06. The zero-order valence-electron chi connectivity index (χ0n) is 8.78. The zero-order chi connectivity index (χ0) is 10.9. The van der Waals surface area contributed by atoms with E-state index >= 15 is 0 Å². The second-order valence-corrected chi connectivity index (χ2v) is 3.76. The van der Waals surface area contributed by atoms with Gasteiger partial charge in [-0.05, 0) is 43.5 Å². The third-order valence-electron chi connectivity index (χ3n) is 2.46. The summed E-state index contributed by atoms with van der Waals surface area (Å²) < 4.78 is 0. The Labute approximate surface area is 84.2 Å². The predicted molar refractivity (Wildman–Crippen MR) is 56.2 cm³/mol. The van der Waals surface area contributed by atoms with Gasteiger partial charge in [-0.1, -0.05) is 6.07 Å². The number of benzene rings is 1. The summed E-state index contributed by atoms with van der Waals surface area (Å²) in [6, 6.07) is 3.10. The highest BCUT2D eigenvalue weighted by atomic mass is 16.3. The molecule has 78 valence electrons. The molecule has 0 aliphatic carbocycles. The van der Waals surface area contributed by atoms with Crippen LogP contribution in [0.5, 0.6) is 5.75 Å². The number of hydrogen-bond donors (Lipinski definition) is 3. The Morgan fingerprint density at radius 2 is 1.79 bits per heavy atom. The standard InChI is InChI=1S/C11H17NO2/c1-6-5-10(14)7(2)4-9(6)11(12)8(3)13/h4-5,8,11,13-14H,12H2,1-3H3/t8?,11-/m1/s1. The fraction of sp³-hybridized carbons (Fsp3) is 0.455. The molecule has 0 aliphatic rings. The summed E-state index contributed by atoms with van der Waals surface area (Å²) in [5, 5.41) is 18.8. The van der Waals surface area contributed by atoms with Crippen molar-refractivity contribution in [1.82, 2.24) is 0 Å². The van der Waals surface area contributed by atoms with Gasteiger partial charge in [0.1, 0.15) is 5.75 Å². The van der Waals surface area contributed by atoms with Crippen LogP contribution in [0.15, 0.2) is 12.1 Å². The maximum atomic E-state index is 9.44. The number of aromatic hydroxyl groups is 1. The SMILES string of the molecule is Cc1cc([C@H](N)C(C)O)c(C)cc1O. The van der Waals surface area contributed by atoms with E-state index in [2.05, 4.69) is 0 Å². The lowest BCUT2D eigenvalue weighted by Gasteiger charge is -2.18.